The molecular formula is C25H37N3O. The van der Waals surface area contributed by atoms with Crippen LogP contribution in [0.1, 0.15) is 89.5 Å². The van der Waals surface area contributed by atoms with Crippen molar-refractivity contribution in [3.63, 3.8) is 0 Å². The molecule has 0 atom stereocenters. The van der Waals surface area contributed by atoms with E-state index in [0.717, 1.165) is 36.8 Å². The summed E-state index contributed by atoms with van der Waals surface area (Å²) in [6.45, 7) is 2.98. The van der Waals surface area contributed by atoms with Crippen LogP contribution in [0.4, 0.5) is 0 Å². The quantitative estimate of drug-likeness (QED) is 0.311. The number of aromatic nitrogens is 3. The molecule has 0 radical (unpaired) electrons. The molecule has 0 saturated heterocycles. The minimum absolute atomic E-state index is 0.607. The van der Waals surface area contributed by atoms with Crippen molar-refractivity contribution in [2.75, 3.05) is 6.61 Å². The van der Waals surface area contributed by atoms with Gasteiger partial charge < -0.3 is 4.74 Å². The SMILES string of the molecule is CCCCCCCc1ccc(-c2ccc(OCCCCCCC3CC3)nn2)nc1. The lowest BCUT2D eigenvalue weighted by Crippen LogP contribution is -2.01. The van der Waals surface area contributed by atoms with Crippen molar-refractivity contribution in [1.82, 2.24) is 15.2 Å². The Bertz CT molecular complexity index is 680. The Morgan fingerprint density at radius 1 is 0.828 bits per heavy atom. The Morgan fingerprint density at radius 3 is 2.34 bits per heavy atom. The van der Waals surface area contributed by atoms with Gasteiger partial charge in [-0.1, -0.05) is 77.2 Å². The number of aryl methyl sites for hydroxylation is 1. The molecule has 2 heterocycles. The van der Waals surface area contributed by atoms with Crippen LogP contribution < -0.4 is 4.74 Å². The second-order valence-corrected chi connectivity index (χ2v) is 8.47. The highest BCUT2D eigenvalue weighted by atomic mass is 16.5. The standard InChI is InChI=1S/C25H37N3O/c1-2-3-4-5-9-12-22-15-16-23(26-20-22)24-17-18-25(28-27-24)29-19-10-7-6-8-11-21-13-14-21/h15-18,20-21H,2-14,19H2,1H3. The van der Waals surface area contributed by atoms with Gasteiger partial charge in [0, 0.05) is 12.3 Å². The van der Waals surface area contributed by atoms with Crippen LogP contribution in [0.15, 0.2) is 30.5 Å². The van der Waals surface area contributed by atoms with Gasteiger partial charge in [-0.25, -0.2) is 0 Å². The Morgan fingerprint density at radius 2 is 1.62 bits per heavy atom. The topological polar surface area (TPSA) is 47.9 Å². The highest BCUT2D eigenvalue weighted by Gasteiger charge is 2.19. The lowest BCUT2D eigenvalue weighted by Gasteiger charge is -2.06. The summed E-state index contributed by atoms with van der Waals surface area (Å²) >= 11 is 0. The average Bonchev–Trinajstić information content (AvgIpc) is 3.58. The van der Waals surface area contributed by atoms with Gasteiger partial charge in [0.25, 0.3) is 0 Å². The first kappa shape index (κ1) is 21.7. The van der Waals surface area contributed by atoms with Crippen molar-refractivity contribution in [3.8, 4) is 17.3 Å². The van der Waals surface area contributed by atoms with Crippen LogP contribution in [-0.4, -0.2) is 21.8 Å². The summed E-state index contributed by atoms with van der Waals surface area (Å²) in [6.07, 6.45) is 19.0. The van der Waals surface area contributed by atoms with Gasteiger partial charge in [-0.3, -0.25) is 4.98 Å². The van der Waals surface area contributed by atoms with Crippen molar-refractivity contribution >= 4 is 0 Å². The molecule has 1 aliphatic carbocycles. The van der Waals surface area contributed by atoms with E-state index in [2.05, 4.69) is 28.2 Å². The molecule has 0 aromatic carbocycles. The Labute approximate surface area is 176 Å². The van der Waals surface area contributed by atoms with Crippen LogP contribution >= 0.6 is 0 Å². The normalized spacial score (nSPS) is 13.6. The monoisotopic (exact) mass is 395 g/mol. The molecule has 1 fully saturated rings. The van der Waals surface area contributed by atoms with Crippen LogP contribution in [0, 0.1) is 5.92 Å². The van der Waals surface area contributed by atoms with Gasteiger partial charge in [0.2, 0.25) is 5.88 Å². The van der Waals surface area contributed by atoms with Gasteiger partial charge >= 0.3 is 0 Å². The van der Waals surface area contributed by atoms with Crippen LogP contribution in [-0.2, 0) is 6.42 Å². The molecule has 158 valence electrons. The van der Waals surface area contributed by atoms with Gasteiger partial charge in [-0.15, -0.1) is 10.2 Å². The maximum absolute atomic E-state index is 5.73. The fraction of sp³-hybridized carbons (Fsp3) is 0.640. The van der Waals surface area contributed by atoms with Crippen molar-refractivity contribution in [2.24, 2.45) is 5.92 Å². The van der Waals surface area contributed by atoms with Crippen molar-refractivity contribution in [1.29, 1.82) is 0 Å². The van der Waals surface area contributed by atoms with Gasteiger partial charge in [0.05, 0.1) is 12.3 Å². The van der Waals surface area contributed by atoms with Gasteiger partial charge in [0.15, 0.2) is 0 Å². The molecule has 0 spiro atoms. The first-order chi connectivity index (χ1) is 14.3. The van der Waals surface area contributed by atoms with Crippen LogP contribution in [0.3, 0.4) is 0 Å². The zero-order chi connectivity index (χ0) is 20.2. The minimum atomic E-state index is 0.607. The van der Waals surface area contributed by atoms with E-state index in [1.165, 1.54) is 76.2 Å². The maximum atomic E-state index is 5.73. The molecule has 29 heavy (non-hydrogen) atoms. The summed E-state index contributed by atoms with van der Waals surface area (Å²) in [6, 6.07) is 8.06. The molecule has 0 aliphatic heterocycles. The summed E-state index contributed by atoms with van der Waals surface area (Å²) in [4.78, 5) is 4.57. The lowest BCUT2D eigenvalue weighted by molar-refractivity contribution is 0.290. The fourth-order valence-corrected chi connectivity index (χ4v) is 3.66. The number of hydrogen-bond donors (Lipinski definition) is 0. The predicted molar refractivity (Wildman–Crippen MR) is 119 cm³/mol. The molecule has 1 aliphatic rings. The molecule has 0 unspecified atom stereocenters. The van der Waals surface area contributed by atoms with Gasteiger partial charge in [0.1, 0.15) is 5.69 Å². The first-order valence-corrected chi connectivity index (χ1v) is 11.8. The van der Waals surface area contributed by atoms with E-state index in [0.29, 0.717) is 5.88 Å². The molecule has 4 nitrogen and oxygen atoms in total. The average molecular weight is 396 g/mol. The number of nitrogens with zero attached hydrogens (tertiary/aromatic N) is 3. The van der Waals surface area contributed by atoms with E-state index in [9.17, 15) is 0 Å². The number of rotatable bonds is 15. The zero-order valence-electron chi connectivity index (χ0n) is 18.1. The third-order valence-corrected chi connectivity index (χ3v) is 5.75. The summed E-state index contributed by atoms with van der Waals surface area (Å²) in [5.74, 6) is 1.66. The number of ether oxygens (including phenoxy) is 1. The summed E-state index contributed by atoms with van der Waals surface area (Å²) in [5, 5.41) is 8.50. The van der Waals surface area contributed by atoms with Crippen molar-refractivity contribution in [3.05, 3.63) is 36.0 Å². The van der Waals surface area contributed by atoms with Crippen LogP contribution in [0.2, 0.25) is 0 Å². The van der Waals surface area contributed by atoms with E-state index in [1.54, 1.807) is 0 Å². The fourth-order valence-electron chi connectivity index (χ4n) is 3.66. The molecular weight excluding hydrogens is 358 g/mol. The van der Waals surface area contributed by atoms with E-state index >= 15 is 0 Å². The Hall–Kier alpha value is -1.97. The minimum Gasteiger partial charge on any atom is -0.477 e. The molecule has 3 rings (SSSR count). The van der Waals surface area contributed by atoms with E-state index < -0.39 is 0 Å². The molecule has 2 aromatic heterocycles. The number of hydrogen-bond acceptors (Lipinski definition) is 4. The van der Waals surface area contributed by atoms with Crippen molar-refractivity contribution in [2.45, 2.75) is 90.4 Å². The second-order valence-electron chi connectivity index (χ2n) is 8.47. The lowest BCUT2D eigenvalue weighted by atomic mass is 10.1. The number of unbranched alkanes of at least 4 members (excludes halogenated alkanes) is 7. The molecule has 0 bridgehead atoms. The zero-order valence-corrected chi connectivity index (χ0v) is 18.1. The molecule has 2 aromatic rings. The first-order valence-electron chi connectivity index (χ1n) is 11.8. The van der Waals surface area contributed by atoms with Gasteiger partial charge in [-0.2, -0.15) is 0 Å². The maximum Gasteiger partial charge on any atom is 0.233 e. The highest BCUT2D eigenvalue weighted by Crippen LogP contribution is 2.34. The van der Waals surface area contributed by atoms with Crippen LogP contribution in [0.5, 0.6) is 5.88 Å². The largest absolute Gasteiger partial charge is 0.477 e. The second kappa shape index (κ2) is 12.6. The smallest absolute Gasteiger partial charge is 0.233 e. The summed E-state index contributed by atoms with van der Waals surface area (Å²) in [5.41, 5.74) is 2.97. The summed E-state index contributed by atoms with van der Waals surface area (Å²) in [7, 11) is 0. The number of pyridine rings is 1. The van der Waals surface area contributed by atoms with Gasteiger partial charge in [-0.05, 0) is 42.9 Å². The Balaban J connectivity index is 1.33. The third kappa shape index (κ3) is 8.51. The summed E-state index contributed by atoms with van der Waals surface area (Å²) < 4.78 is 5.73. The van der Waals surface area contributed by atoms with Crippen LogP contribution in [0.25, 0.3) is 11.4 Å². The molecule has 1 saturated carbocycles. The molecule has 4 heteroatoms. The molecule has 0 N–H and O–H groups in total. The highest BCUT2D eigenvalue weighted by molar-refractivity contribution is 5.53. The molecule has 0 amide bonds. The predicted octanol–water partition coefficient (Wildman–Crippen LogP) is 6.79. The van der Waals surface area contributed by atoms with E-state index in [4.69, 9.17) is 4.74 Å². The van der Waals surface area contributed by atoms with Crippen molar-refractivity contribution < 1.29 is 4.74 Å². The third-order valence-electron chi connectivity index (χ3n) is 5.75. The Kier molecular flexibility index (Phi) is 9.41. The van der Waals surface area contributed by atoms with E-state index in [-0.39, 0.29) is 0 Å². The van der Waals surface area contributed by atoms with E-state index in [1.807, 2.05) is 24.4 Å².